The highest BCUT2D eigenvalue weighted by Gasteiger charge is 2.33. The molecule has 3 nitrogen and oxygen atoms in total. The highest BCUT2D eigenvalue weighted by atomic mass is 35.5. The SMILES string of the molecule is CSC1(CNC(=O)c2ccc(Cl)nc2)CCCC1. The number of halogens is 1. The zero-order valence-corrected chi connectivity index (χ0v) is 12.0. The minimum absolute atomic E-state index is 0.0699. The fourth-order valence-corrected chi connectivity index (χ4v) is 3.35. The van der Waals surface area contributed by atoms with Crippen LogP contribution in [0.15, 0.2) is 18.3 Å². The fraction of sp³-hybridized carbons (Fsp3) is 0.538. The normalized spacial score (nSPS) is 17.7. The van der Waals surface area contributed by atoms with Crippen molar-refractivity contribution in [1.29, 1.82) is 0 Å². The van der Waals surface area contributed by atoms with Crippen molar-refractivity contribution in [2.24, 2.45) is 0 Å². The molecule has 1 aliphatic rings. The Kier molecular flexibility index (Phi) is 4.51. The lowest BCUT2D eigenvalue weighted by molar-refractivity contribution is 0.0949. The Balaban J connectivity index is 1.93. The van der Waals surface area contributed by atoms with Crippen molar-refractivity contribution in [2.45, 2.75) is 30.4 Å². The number of carbonyl (C=O) groups is 1. The number of hydrogen-bond acceptors (Lipinski definition) is 3. The van der Waals surface area contributed by atoms with Crippen LogP contribution in [0.4, 0.5) is 0 Å². The van der Waals surface area contributed by atoms with Gasteiger partial charge in [-0.05, 0) is 31.2 Å². The molecule has 1 N–H and O–H groups in total. The molecule has 0 atom stereocenters. The van der Waals surface area contributed by atoms with Crippen molar-refractivity contribution in [3.05, 3.63) is 29.0 Å². The molecule has 0 aromatic carbocycles. The summed E-state index contributed by atoms with van der Waals surface area (Å²) in [7, 11) is 0. The third-order valence-electron chi connectivity index (χ3n) is 3.51. The molecule has 1 aliphatic carbocycles. The Morgan fingerprint density at radius 2 is 2.22 bits per heavy atom. The molecule has 0 saturated heterocycles. The Hall–Kier alpha value is -0.740. The molecule has 0 aliphatic heterocycles. The van der Waals surface area contributed by atoms with Gasteiger partial charge in [-0.15, -0.1) is 0 Å². The summed E-state index contributed by atoms with van der Waals surface area (Å²) >= 11 is 7.56. The van der Waals surface area contributed by atoms with Gasteiger partial charge in [-0.2, -0.15) is 11.8 Å². The van der Waals surface area contributed by atoms with E-state index in [1.807, 2.05) is 11.8 Å². The number of nitrogens with zero attached hydrogens (tertiary/aromatic N) is 1. The van der Waals surface area contributed by atoms with Gasteiger partial charge in [-0.1, -0.05) is 24.4 Å². The van der Waals surface area contributed by atoms with Gasteiger partial charge in [0.05, 0.1) is 5.56 Å². The summed E-state index contributed by atoms with van der Waals surface area (Å²) in [6, 6.07) is 3.33. The van der Waals surface area contributed by atoms with Crippen molar-refractivity contribution in [3.63, 3.8) is 0 Å². The van der Waals surface area contributed by atoms with E-state index in [1.165, 1.54) is 31.9 Å². The van der Waals surface area contributed by atoms with Crippen molar-refractivity contribution >= 4 is 29.3 Å². The first-order valence-electron chi connectivity index (χ1n) is 6.10. The average Bonchev–Trinajstić information content (AvgIpc) is 2.86. The molecule has 1 heterocycles. The summed E-state index contributed by atoms with van der Waals surface area (Å²) in [6.07, 6.45) is 8.54. The number of aromatic nitrogens is 1. The molecule has 1 saturated carbocycles. The van der Waals surface area contributed by atoms with Crippen LogP contribution in [0.1, 0.15) is 36.0 Å². The van der Waals surface area contributed by atoms with E-state index in [2.05, 4.69) is 16.6 Å². The maximum atomic E-state index is 12.0. The summed E-state index contributed by atoms with van der Waals surface area (Å²) in [5.74, 6) is -0.0699. The molecule has 0 unspecified atom stereocenters. The smallest absolute Gasteiger partial charge is 0.252 e. The number of rotatable bonds is 4. The van der Waals surface area contributed by atoms with Gasteiger partial charge in [-0.25, -0.2) is 4.98 Å². The van der Waals surface area contributed by atoms with E-state index in [-0.39, 0.29) is 10.7 Å². The largest absolute Gasteiger partial charge is 0.351 e. The molecule has 0 bridgehead atoms. The third kappa shape index (κ3) is 3.18. The van der Waals surface area contributed by atoms with Gasteiger partial charge in [0.2, 0.25) is 0 Å². The lowest BCUT2D eigenvalue weighted by Crippen LogP contribution is -2.38. The molecular weight excluding hydrogens is 268 g/mol. The Morgan fingerprint density at radius 1 is 1.50 bits per heavy atom. The quantitative estimate of drug-likeness (QED) is 0.864. The van der Waals surface area contributed by atoms with Gasteiger partial charge in [0, 0.05) is 17.5 Å². The summed E-state index contributed by atoms with van der Waals surface area (Å²) in [5, 5.41) is 3.41. The Labute approximate surface area is 117 Å². The topological polar surface area (TPSA) is 42.0 Å². The third-order valence-corrected chi connectivity index (χ3v) is 5.15. The first kappa shape index (κ1) is 13.7. The monoisotopic (exact) mass is 284 g/mol. The van der Waals surface area contributed by atoms with E-state index in [1.54, 1.807) is 12.1 Å². The van der Waals surface area contributed by atoms with Crippen molar-refractivity contribution in [1.82, 2.24) is 10.3 Å². The maximum absolute atomic E-state index is 12.0. The summed E-state index contributed by atoms with van der Waals surface area (Å²) < 4.78 is 0.232. The molecular formula is C13H17ClN2OS. The number of carbonyl (C=O) groups excluding carboxylic acids is 1. The standard InChI is InChI=1S/C13H17ClN2OS/c1-18-13(6-2-3-7-13)9-16-12(17)10-4-5-11(14)15-8-10/h4-5,8H,2-3,6-7,9H2,1H3,(H,16,17). The summed E-state index contributed by atoms with van der Waals surface area (Å²) in [4.78, 5) is 15.9. The van der Waals surface area contributed by atoms with E-state index in [0.29, 0.717) is 10.7 Å². The second-order valence-electron chi connectivity index (χ2n) is 4.65. The minimum Gasteiger partial charge on any atom is -0.351 e. The summed E-state index contributed by atoms with van der Waals surface area (Å²) in [6.45, 7) is 0.732. The number of thioether (sulfide) groups is 1. The summed E-state index contributed by atoms with van der Waals surface area (Å²) in [5.41, 5.74) is 0.564. The molecule has 1 aromatic rings. The second-order valence-corrected chi connectivity index (χ2v) is 6.31. The molecule has 5 heteroatoms. The molecule has 98 valence electrons. The molecule has 0 spiro atoms. The lowest BCUT2D eigenvalue weighted by Gasteiger charge is -2.26. The van der Waals surface area contributed by atoms with Gasteiger partial charge in [0.15, 0.2) is 0 Å². The van der Waals surface area contributed by atoms with Crippen LogP contribution in [-0.4, -0.2) is 28.4 Å². The van der Waals surface area contributed by atoms with Crippen LogP contribution in [-0.2, 0) is 0 Å². The zero-order valence-electron chi connectivity index (χ0n) is 10.4. The highest BCUT2D eigenvalue weighted by Crippen LogP contribution is 2.39. The molecule has 1 fully saturated rings. The van der Waals surface area contributed by atoms with E-state index >= 15 is 0 Å². The number of pyridine rings is 1. The van der Waals surface area contributed by atoms with Crippen LogP contribution in [0.25, 0.3) is 0 Å². The molecule has 2 rings (SSSR count). The van der Waals surface area contributed by atoms with Crippen LogP contribution in [0, 0.1) is 0 Å². The average molecular weight is 285 g/mol. The fourth-order valence-electron chi connectivity index (χ4n) is 2.33. The number of nitrogens with one attached hydrogen (secondary N) is 1. The second kappa shape index (κ2) is 5.93. The van der Waals surface area contributed by atoms with Crippen LogP contribution in [0.2, 0.25) is 5.15 Å². The predicted molar refractivity (Wildman–Crippen MR) is 76.3 cm³/mol. The van der Waals surface area contributed by atoms with Crippen LogP contribution >= 0.6 is 23.4 Å². The van der Waals surface area contributed by atoms with Crippen molar-refractivity contribution in [3.8, 4) is 0 Å². The molecule has 1 amide bonds. The first-order chi connectivity index (χ1) is 8.65. The van der Waals surface area contributed by atoms with Gasteiger partial charge in [0.1, 0.15) is 5.15 Å². The Morgan fingerprint density at radius 3 is 2.78 bits per heavy atom. The van der Waals surface area contributed by atoms with Crippen LogP contribution < -0.4 is 5.32 Å². The van der Waals surface area contributed by atoms with Gasteiger partial charge in [-0.3, -0.25) is 4.79 Å². The van der Waals surface area contributed by atoms with Gasteiger partial charge >= 0.3 is 0 Å². The van der Waals surface area contributed by atoms with E-state index in [4.69, 9.17) is 11.6 Å². The first-order valence-corrected chi connectivity index (χ1v) is 7.70. The van der Waals surface area contributed by atoms with E-state index < -0.39 is 0 Å². The number of amides is 1. The zero-order chi connectivity index (χ0) is 13.0. The Bertz CT molecular complexity index is 416. The van der Waals surface area contributed by atoms with Crippen LogP contribution in [0.3, 0.4) is 0 Å². The number of hydrogen-bond donors (Lipinski definition) is 1. The van der Waals surface area contributed by atoms with E-state index in [0.717, 1.165) is 6.54 Å². The molecule has 1 aromatic heterocycles. The predicted octanol–water partition coefficient (Wildman–Crippen LogP) is 3.14. The van der Waals surface area contributed by atoms with Crippen molar-refractivity contribution < 1.29 is 4.79 Å². The van der Waals surface area contributed by atoms with Gasteiger partial charge in [0.25, 0.3) is 5.91 Å². The highest BCUT2D eigenvalue weighted by molar-refractivity contribution is 8.00. The maximum Gasteiger partial charge on any atom is 0.252 e. The van der Waals surface area contributed by atoms with Crippen molar-refractivity contribution in [2.75, 3.05) is 12.8 Å². The molecule has 18 heavy (non-hydrogen) atoms. The lowest BCUT2D eigenvalue weighted by atomic mass is 10.1. The van der Waals surface area contributed by atoms with Crippen LogP contribution in [0.5, 0.6) is 0 Å². The minimum atomic E-state index is -0.0699. The molecule has 0 radical (unpaired) electrons. The van der Waals surface area contributed by atoms with Gasteiger partial charge < -0.3 is 5.32 Å². The van der Waals surface area contributed by atoms with E-state index in [9.17, 15) is 4.79 Å².